The van der Waals surface area contributed by atoms with Crippen molar-refractivity contribution in [1.82, 2.24) is 20.2 Å². The fraction of sp³-hybridized carbons (Fsp3) is 0.400. The maximum atomic E-state index is 11.9. The maximum Gasteiger partial charge on any atom is 0.234 e. The number of carbonyl (C=O) groups is 1. The summed E-state index contributed by atoms with van der Waals surface area (Å²) in [6.45, 7) is 5.22. The van der Waals surface area contributed by atoms with Crippen LogP contribution in [0.3, 0.4) is 0 Å². The molecule has 0 spiro atoms. The van der Waals surface area contributed by atoms with E-state index in [2.05, 4.69) is 20.1 Å². The first-order chi connectivity index (χ1) is 14.0. The number of aliphatic hydroxyl groups is 1. The molecule has 3 rings (SSSR count). The highest BCUT2D eigenvalue weighted by Gasteiger charge is 2.20. The highest BCUT2D eigenvalue weighted by atomic mass is 16.3. The molecule has 1 aromatic carbocycles. The lowest BCUT2D eigenvalue weighted by molar-refractivity contribution is -0.122. The van der Waals surface area contributed by atoms with Crippen molar-refractivity contribution in [2.24, 2.45) is 0 Å². The zero-order chi connectivity index (χ0) is 20.8. The molecular weight excluding hydrogens is 370 g/mol. The van der Waals surface area contributed by atoms with Gasteiger partial charge in [-0.05, 0) is 13.0 Å². The van der Waals surface area contributed by atoms with Gasteiger partial charge in [-0.1, -0.05) is 12.1 Å². The van der Waals surface area contributed by atoms with Crippen LogP contribution in [-0.4, -0.2) is 77.5 Å². The molecule has 1 aliphatic rings. The quantitative estimate of drug-likeness (QED) is 0.391. The van der Waals surface area contributed by atoms with Gasteiger partial charge in [0.2, 0.25) is 5.91 Å². The van der Waals surface area contributed by atoms with Crippen molar-refractivity contribution >= 4 is 23.6 Å². The minimum absolute atomic E-state index is 0.0768. The van der Waals surface area contributed by atoms with Crippen molar-refractivity contribution < 1.29 is 9.90 Å². The Morgan fingerprint density at radius 2 is 2.10 bits per heavy atom. The number of nitrogen functional groups attached to an aromatic ring is 1. The van der Waals surface area contributed by atoms with E-state index in [-0.39, 0.29) is 12.5 Å². The first-order valence-electron chi connectivity index (χ1n) is 9.60. The number of aromatic nitrogens is 2. The topological polar surface area (TPSA) is 131 Å². The zero-order valence-electron chi connectivity index (χ0n) is 16.5. The fourth-order valence-electron chi connectivity index (χ4n) is 3.17. The molecule has 0 bridgehead atoms. The van der Waals surface area contributed by atoms with Crippen LogP contribution in [-0.2, 0) is 4.79 Å². The SMILES string of the molecule is C[C@H](O)CNC(=O)CN1CCN(c2cncc(-c3ccc(C=N)c(N)c3)n2)CC1. The second kappa shape index (κ2) is 9.44. The lowest BCUT2D eigenvalue weighted by atomic mass is 10.1. The van der Waals surface area contributed by atoms with Gasteiger partial charge in [-0.15, -0.1) is 0 Å². The fourth-order valence-corrected chi connectivity index (χ4v) is 3.17. The minimum atomic E-state index is -0.543. The third-order valence-corrected chi connectivity index (χ3v) is 4.82. The molecule has 1 fully saturated rings. The Morgan fingerprint density at radius 1 is 1.34 bits per heavy atom. The summed E-state index contributed by atoms with van der Waals surface area (Å²) in [4.78, 5) is 25.2. The number of piperazine rings is 1. The predicted octanol–water partition coefficient (Wildman–Crippen LogP) is 0.342. The Balaban J connectivity index is 1.60. The van der Waals surface area contributed by atoms with E-state index < -0.39 is 6.10 Å². The van der Waals surface area contributed by atoms with Gasteiger partial charge in [-0.2, -0.15) is 0 Å². The smallest absolute Gasteiger partial charge is 0.234 e. The van der Waals surface area contributed by atoms with Gasteiger partial charge in [0.15, 0.2) is 0 Å². The van der Waals surface area contributed by atoms with Crippen LogP contribution in [0, 0.1) is 5.41 Å². The molecule has 9 heteroatoms. The van der Waals surface area contributed by atoms with Crippen LogP contribution in [0.25, 0.3) is 11.3 Å². The van der Waals surface area contributed by atoms with E-state index >= 15 is 0 Å². The summed E-state index contributed by atoms with van der Waals surface area (Å²) in [7, 11) is 0. The lowest BCUT2D eigenvalue weighted by Gasteiger charge is -2.35. The summed E-state index contributed by atoms with van der Waals surface area (Å²) < 4.78 is 0. The van der Waals surface area contributed by atoms with Crippen molar-refractivity contribution in [1.29, 1.82) is 5.41 Å². The number of nitrogens with zero attached hydrogens (tertiary/aromatic N) is 4. The molecule has 0 radical (unpaired) electrons. The Labute approximate surface area is 170 Å². The molecule has 2 aromatic rings. The lowest BCUT2D eigenvalue weighted by Crippen LogP contribution is -2.50. The minimum Gasteiger partial charge on any atom is -0.398 e. The molecule has 1 saturated heterocycles. The summed E-state index contributed by atoms with van der Waals surface area (Å²) in [6, 6.07) is 5.49. The number of carbonyl (C=O) groups excluding carboxylic acids is 1. The van der Waals surface area contributed by atoms with Gasteiger partial charge in [0.1, 0.15) is 5.82 Å². The number of nitrogens with two attached hydrogens (primary N) is 1. The van der Waals surface area contributed by atoms with Crippen molar-refractivity contribution in [2.45, 2.75) is 13.0 Å². The molecule has 9 nitrogen and oxygen atoms in total. The Morgan fingerprint density at radius 3 is 2.76 bits per heavy atom. The van der Waals surface area contributed by atoms with Crippen molar-refractivity contribution in [2.75, 3.05) is 49.9 Å². The van der Waals surface area contributed by atoms with Crippen LogP contribution >= 0.6 is 0 Å². The van der Waals surface area contributed by atoms with E-state index in [1.165, 1.54) is 6.21 Å². The molecule has 154 valence electrons. The van der Waals surface area contributed by atoms with Crippen molar-refractivity contribution in [3.05, 3.63) is 36.2 Å². The zero-order valence-corrected chi connectivity index (χ0v) is 16.5. The summed E-state index contributed by atoms with van der Waals surface area (Å²) in [5, 5.41) is 19.3. The highest BCUT2D eigenvalue weighted by Crippen LogP contribution is 2.23. The molecule has 1 aromatic heterocycles. The van der Waals surface area contributed by atoms with Crippen LogP contribution in [0.4, 0.5) is 11.5 Å². The molecule has 1 atom stereocenters. The van der Waals surface area contributed by atoms with Gasteiger partial charge in [-0.25, -0.2) is 4.98 Å². The van der Waals surface area contributed by atoms with E-state index in [1.807, 2.05) is 6.07 Å². The molecule has 0 saturated carbocycles. The average Bonchev–Trinajstić information content (AvgIpc) is 2.73. The van der Waals surface area contributed by atoms with Gasteiger partial charge in [0, 0.05) is 55.8 Å². The van der Waals surface area contributed by atoms with E-state index in [0.717, 1.165) is 43.3 Å². The molecule has 5 N–H and O–H groups in total. The number of anilines is 2. The van der Waals surface area contributed by atoms with E-state index in [9.17, 15) is 9.90 Å². The number of benzene rings is 1. The number of hydrogen-bond acceptors (Lipinski definition) is 8. The molecule has 2 heterocycles. The number of nitrogens with one attached hydrogen (secondary N) is 2. The maximum absolute atomic E-state index is 11.9. The normalized spacial score (nSPS) is 15.7. The van der Waals surface area contributed by atoms with Gasteiger partial charge in [0.05, 0.1) is 30.7 Å². The third kappa shape index (κ3) is 5.49. The van der Waals surface area contributed by atoms with Crippen LogP contribution < -0.4 is 16.0 Å². The number of amides is 1. The molecule has 0 aliphatic carbocycles. The Hall–Kier alpha value is -3.04. The third-order valence-electron chi connectivity index (χ3n) is 4.82. The summed E-state index contributed by atoms with van der Waals surface area (Å²) in [6.07, 6.45) is 4.12. The highest BCUT2D eigenvalue weighted by molar-refractivity contribution is 5.86. The Kier molecular flexibility index (Phi) is 6.73. The monoisotopic (exact) mass is 397 g/mol. The van der Waals surface area contributed by atoms with Crippen LogP contribution in [0.2, 0.25) is 0 Å². The van der Waals surface area contributed by atoms with Crippen LogP contribution in [0.15, 0.2) is 30.6 Å². The molecule has 0 unspecified atom stereocenters. The predicted molar refractivity (Wildman–Crippen MR) is 113 cm³/mol. The van der Waals surface area contributed by atoms with E-state index in [1.54, 1.807) is 31.5 Å². The van der Waals surface area contributed by atoms with E-state index in [0.29, 0.717) is 17.8 Å². The molecule has 29 heavy (non-hydrogen) atoms. The summed E-state index contributed by atoms with van der Waals surface area (Å²) in [5.41, 5.74) is 8.77. The number of aliphatic hydroxyl groups excluding tert-OH is 1. The first-order valence-corrected chi connectivity index (χ1v) is 9.60. The molecule has 1 amide bonds. The van der Waals surface area contributed by atoms with E-state index in [4.69, 9.17) is 16.1 Å². The first kappa shape index (κ1) is 20.7. The van der Waals surface area contributed by atoms with Crippen LogP contribution in [0.1, 0.15) is 12.5 Å². The summed E-state index contributed by atoms with van der Waals surface area (Å²) >= 11 is 0. The van der Waals surface area contributed by atoms with Crippen molar-refractivity contribution in [3.63, 3.8) is 0 Å². The van der Waals surface area contributed by atoms with Crippen molar-refractivity contribution in [3.8, 4) is 11.3 Å². The van der Waals surface area contributed by atoms with Crippen LogP contribution in [0.5, 0.6) is 0 Å². The average molecular weight is 397 g/mol. The van der Waals surface area contributed by atoms with Gasteiger partial charge >= 0.3 is 0 Å². The summed E-state index contributed by atoms with van der Waals surface area (Å²) in [5.74, 6) is 0.711. The second-order valence-electron chi connectivity index (χ2n) is 7.17. The Bertz CT molecular complexity index is 864. The van der Waals surface area contributed by atoms with Gasteiger partial charge in [-0.3, -0.25) is 14.7 Å². The standard InChI is InChI=1S/C20H27N7O2/c1-14(28)10-24-20(29)13-26-4-6-27(7-5-26)19-12-23-11-18(25-19)15-2-3-16(9-21)17(22)8-15/h2-3,8-9,11-12,14,21,28H,4-7,10,13,22H2,1H3,(H,24,29)/t14-/m0/s1. The molecular formula is C20H27N7O2. The van der Waals surface area contributed by atoms with Gasteiger partial charge < -0.3 is 26.5 Å². The molecule has 1 aliphatic heterocycles. The largest absolute Gasteiger partial charge is 0.398 e. The second-order valence-corrected chi connectivity index (χ2v) is 7.17. The number of hydrogen-bond donors (Lipinski definition) is 4. The van der Waals surface area contributed by atoms with Gasteiger partial charge in [0.25, 0.3) is 0 Å². The number of rotatable bonds is 7.